The summed E-state index contributed by atoms with van der Waals surface area (Å²) in [7, 11) is 0. The van der Waals surface area contributed by atoms with Gasteiger partial charge in [-0.15, -0.1) is 0 Å². The number of carbonyl (C=O) groups excluding carboxylic acids is 2. The van der Waals surface area contributed by atoms with Crippen LogP contribution in [0.3, 0.4) is 0 Å². The van der Waals surface area contributed by atoms with Crippen LogP contribution in [0.15, 0.2) is 70.8 Å². The first-order chi connectivity index (χ1) is 16.9. The number of nitro benzene ring substituents is 1. The van der Waals surface area contributed by atoms with Crippen molar-refractivity contribution in [3.05, 3.63) is 93.4 Å². The molecule has 0 saturated carbocycles. The topological polar surface area (TPSA) is 124 Å². The molecule has 4 rings (SSSR count). The van der Waals surface area contributed by atoms with E-state index in [0.717, 1.165) is 18.4 Å². The number of rotatable bonds is 8. The number of carbonyl (C=O) groups is 2. The second kappa shape index (κ2) is 10.8. The van der Waals surface area contributed by atoms with Gasteiger partial charge in [-0.05, 0) is 44.0 Å². The Morgan fingerprint density at radius 3 is 2.66 bits per heavy atom. The molecule has 0 unspecified atom stereocenters. The molecular weight excluding hydrogens is 450 g/mol. The quantitative estimate of drug-likeness (QED) is 0.285. The summed E-state index contributed by atoms with van der Waals surface area (Å²) in [5, 5.41) is 16.6. The van der Waals surface area contributed by atoms with Gasteiger partial charge in [-0.25, -0.2) is 0 Å². The van der Waals surface area contributed by atoms with Gasteiger partial charge in [0, 0.05) is 42.5 Å². The van der Waals surface area contributed by atoms with Gasteiger partial charge < -0.3 is 19.8 Å². The number of hydrogen-bond acceptors (Lipinski definition) is 6. The highest BCUT2D eigenvalue weighted by Gasteiger charge is 2.20. The van der Waals surface area contributed by atoms with Crippen LogP contribution in [-0.4, -0.2) is 36.0 Å². The average molecular weight is 476 g/mol. The zero-order valence-electron chi connectivity index (χ0n) is 19.2. The third-order valence-electron chi connectivity index (χ3n) is 5.58. The molecule has 0 bridgehead atoms. The van der Waals surface area contributed by atoms with Gasteiger partial charge in [0.2, 0.25) is 0 Å². The third kappa shape index (κ3) is 6.21. The predicted molar refractivity (Wildman–Crippen MR) is 129 cm³/mol. The van der Waals surface area contributed by atoms with Crippen molar-refractivity contribution in [1.82, 2.24) is 10.6 Å². The van der Waals surface area contributed by atoms with Gasteiger partial charge in [0.05, 0.1) is 11.0 Å². The first-order valence-corrected chi connectivity index (χ1v) is 11.2. The molecule has 9 heteroatoms. The maximum atomic E-state index is 13.0. The number of amides is 2. The predicted octanol–water partition coefficient (Wildman–Crippen LogP) is 4.23. The van der Waals surface area contributed by atoms with E-state index in [-0.39, 0.29) is 17.5 Å². The summed E-state index contributed by atoms with van der Waals surface area (Å²) >= 11 is 0. The number of ether oxygens (including phenoxy) is 1. The minimum atomic E-state index is -0.482. The Morgan fingerprint density at radius 1 is 1.14 bits per heavy atom. The molecule has 1 fully saturated rings. The summed E-state index contributed by atoms with van der Waals surface area (Å²) in [4.78, 5) is 36.3. The van der Waals surface area contributed by atoms with Crippen LogP contribution >= 0.6 is 0 Å². The Balaban J connectivity index is 1.57. The lowest BCUT2D eigenvalue weighted by Crippen LogP contribution is -2.38. The summed E-state index contributed by atoms with van der Waals surface area (Å²) in [5.74, 6) is -0.217. The lowest BCUT2D eigenvalue weighted by atomic mass is 10.1. The number of nitrogens with zero attached hydrogens (tertiary/aromatic N) is 1. The smallest absolute Gasteiger partial charge is 0.270 e. The van der Waals surface area contributed by atoms with Crippen molar-refractivity contribution < 1.29 is 23.7 Å². The maximum absolute atomic E-state index is 13.0. The van der Waals surface area contributed by atoms with Crippen molar-refractivity contribution in [3.8, 4) is 11.3 Å². The van der Waals surface area contributed by atoms with Gasteiger partial charge in [-0.2, -0.15) is 0 Å². The van der Waals surface area contributed by atoms with Gasteiger partial charge in [0.15, 0.2) is 0 Å². The van der Waals surface area contributed by atoms with E-state index in [4.69, 9.17) is 9.15 Å². The van der Waals surface area contributed by atoms with E-state index in [1.54, 1.807) is 36.4 Å². The Labute approximate surface area is 201 Å². The van der Waals surface area contributed by atoms with Crippen LogP contribution in [0.2, 0.25) is 0 Å². The van der Waals surface area contributed by atoms with Gasteiger partial charge in [0.25, 0.3) is 17.5 Å². The number of hydrogen-bond donors (Lipinski definition) is 2. The van der Waals surface area contributed by atoms with E-state index in [1.165, 1.54) is 18.2 Å². The number of nitro groups is 1. The summed E-state index contributed by atoms with van der Waals surface area (Å²) in [6.07, 6.45) is 3.18. The maximum Gasteiger partial charge on any atom is 0.270 e. The van der Waals surface area contributed by atoms with Gasteiger partial charge in [-0.1, -0.05) is 29.8 Å². The van der Waals surface area contributed by atoms with Gasteiger partial charge in [0.1, 0.15) is 17.2 Å². The molecule has 3 aromatic rings. The van der Waals surface area contributed by atoms with Crippen molar-refractivity contribution in [1.29, 1.82) is 0 Å². The molecule has 1 aliphatic heterocycles. The fourth-order valence-electron chi connectivity index (χ4n) is 3.67. The molecule has 1 saturated heterocycles. The number of non-ortho nitro benzene ring substituents is 1. The van der Waals surface area contributed by atoms with Gasteiger partial charge >= 0.3 is 0 Å². The molecule has 1 aromatic heterocycles. The lowest BCUT2D eigenvalue weighted by molar-refractivity contribution is -0.384. The Kier molecular flexibility index (Phi) is 7.37. The first kappa shape index (κ1) is 23.9. The molecule has 35 heavy (non-hydrogen) atoms. The summed E-state index contributed by atoms with van der Waals surface area (Å²) in [6.45, 7) is 2.91. The molecule has 2 heterocycles. The van der Waals surface area contributed by atoms with E-state index >= 15 is 0 Å². The van der Waals surface area contributed by atoms with Crippen molar-refractivity contribution in [2.45, 2.75) is 25.9 Å². The first-order valence-electron chi connectivity index (χ1n) is 11.2. The minimum Gasteiger partial charge on any atom is -0.457 e. The Morgan fingerprint density at radius 2 is 1.94 bits per heavy atom. The van der Waals surface area contributed by atoms with E-state index in [1.807, 2.05) is 19.1 Å². The molecule has 1 aliphatic rings. The molecule has 2 amide bonds. The van der Waals surface area contributed by atoms with Crippen LogP contribution < -0.4 is 10.6 Å². The SMILES string of the molecule is Cc1ccc(C(=O)N/C(=C\c2ccc(-c3cccc([N+](=O)[O-])c3)o2)C(=O)NC[C@H]2CCCO2)cc1. The normalized spacial score (nSPS) is 15.6. The largest absolute Gasteiger partial charge is 0.457 e. The van der Waals surface area contributed by atoms with Gasteiger partial charge in [-0.3, -0.25) is 19.7 Å². The van der Waals surface area contributed by atoms with Crippen LogP contribution in [0.1, 0.15) is 34.5 Å². The second-order valence-electron chi connectivity index (χ2n) is 8.23. The monoisotopic (exact) mass is 475 g/mol. The number of furan rings is 1. The highest BCUT2D eigenvalue weighted by atomic mass is 16.6. The van der Waals surface area contributed by atoms with Crippen molar-refractivity contribution in [2.24, 2.45) is 0 Å². The molecule has 0 radical (unpaired) electrons. The molecule has 2 N–H and O–H groups in total. The van der Waals surface area contributed by atoms with Crippen LogP contribution in [0.5, 0.6) is 0 Å². The molecule has 0 aliphatic carbocycles. The molecule has 0 spiro atoms. The van der Waals surface area contributed by atoms with Crippen molar-refractivity contribution in [2.75, 3.05) is 13.2 Å². The molecule has 9 nitrogen and oxygen atoms in total. The van der Waals surface area contributed by atoms with Crippen molar-refractivity contribution >= 4 is 23.6 Å². The standard InChI is InChI=1S/C26H25N3O6/c1-17-7-9-18(10-8-17)25(30)28-23(26(31)27-16-22-6-3-13-34-22)15-21-11-12-24(35-21)19-4-2-5-20(14-19)29(32)33/h2,4-5,7-12,14-15,22H,3,6,13,16H2,1H3,(H,27,31)(H,28,30)/b23-15-/t22-/m1/s1. The average Bonchev–Trinajstić information content (AvgIpc) is 3.55. The lowest BCUT2D eigenvalue weighted by Gasteiger charge is -2.13. The van der Waals surface area contributed by atoms with E-state index in [9.17, 15) is 19.7 Å². The third-order valence-corrected chi connectivity index (χ3v) is 5.58. The van der Waals surface area contributed by atoms with Crippen molar-refractivity contribution in [3.63, 3.8) is 0 Å². The Hall–Kier alpha value is -4.24. The fourth-order valence-corrected chi connectivity index (χ4v) is 3.67. The minimum absolute atomic E-state index is 0.00788. The van der Waals surface area contributed by atoms with Crippen LogP contribution in [0, 0.1) is 17.0 Å². The van der Waals surface area contributed by atoms with Crippen LogP contribution in [0.4, 0.5) is 5.69 Å². The number of nitrogens with one attached hydrogen (secondary N) is 2. The number of aryl methyl sites for hydroxylation is 1. The van der Waals surface area contributed by atoms with E-state index in [2.05, 4.69) is 10.6 Å². The highest BCUT2D eigenvalue weighted by molar-refractivity contribution is 6.05. The molecular formula is C26H25N3O6. The number of benzene rings is 2. The van der Waals surface area contributed by atoms with E-state index < -0.39 is 16.7 Å². The van der Waals surface area contributed by atoms with E-state index in [0.29, 0.717) is 35.8 Å². The summed E-state index contributed by atoms with van der Waals surface area (Å²) < 4.78 is 11.4. The molecule has 2 aromatic carbocycles. The fraction of sp³-hybridized carbons (Fsp3) is 0.231. The van der Waals surface area contributed by atoms with Crippen LogP contribution in [-0.2, 0) is 9.53 Å². The zero-order valence-corrected chi connectivity index (χ0v) is 19.2. The molecule has 180 valence electrons. The highest BCUT2D eigenvalue weighted by Crippen LogP contribution is 2.26. The molecule has 1 atom stereocenters. The second-order valence-corrected chi connectivity index (χ2v) is 8.23. The Bertz CT molecular complexity index is 1260. The summed E-state index contributed by atoms with van der Waals surface area (Å²) in [6, 6.07) is 16.3. The summed E-state index contributed by atoms with van der Waals surface area (Å²) in [5.41, 5.74) is 1.89. The zero-order chi connectivity index (χ0) is 24.8. The van der Waals surface area contributed by atoms with Crippen LogP contribution in [0.25, 0.3) is 17.4 Å².